The van der Waals surface area contributed by atoms with Crippen LogP contribution in [0.5, 0.6) is 0 Å². The number of likely N-dealkylation sites (tertiary alicyclic amines) is 1. The van der Waals surface area contributed by atoms with Crippen LogP contribution in [0.25, 0.3) is 0 Å². The fourth-order valence-electron chi connectivity index (χ4n) is 3.66. The highest BCUT2D eigenvalue weighted by Gasteiger charge is 2.46. The van der Waals surface area contributed by atoms with Crippen molar-refractivity contribution >= 4 is 0 Å². The molecule has 0 aromatic rings. The van der Waals surface area contributed by atoms with Gasteiger partial charge in [-0.2, -0.15) is 0 Å². The molecule has 1 aliphatic heterocycles. The molecule has 3 heteroatoms. The van der Waals surface area contributed by atoms with Crippen LogP contribution in [-0.4, -0.2) is 48.3 Å². The SMILES string of the molecule is CCCNC(CO)(CN1CCC(C(C)(C)C)C1)C1CC1. The topological polar surface area (TPSA) is 35.5 Å². The predicted molar refractivity (Wildman–Crippen MR) is 84.8 cm³/mol. The van der Waals surface area contributed by atoms with Gasteiger partial charge in [0.2, 0.25) is 0 Å². The Morgan fingerprint density at radius 2 is 1.85 bits per heavy atom. The first-order valence-corrected chi connectivity index (χ1v) is 8.49. The third kappa shape index (κ3) is 3.75. The highest BCUT2D eigenvalue weighted by atomic mass is 16.3. The summed E-state index contributed by atoms with van der Waals surface area (Å²) in [6.07, 6.45) is 5.02. The fraction of sp³-hybridized carbons (Fsp3) is 1.00. The average Bonchev–Trinajstić information content (AvgIpc) is 3.14. The Kier molecular flexibility index (Phi) is 5.14. The van der Waals surface area contributed by atoms with Crippen LogP contribution in [-0.2, 0) is 0 Å². The molecule has 0 bridgehead atoms. The summed E-state index contributed by atoms with van der Waals surface area (Å²) in [6, 6.07) is 0. The minimum absolute atomic E-state index is 0.0389. The van der Waals surface area contributed by atoms with E-state index in [0.29, 0.717) is 11.3 Å². The van der Waals surface area contributed by atoms with Crippen molar-refractivity contribution < 1.29 is 5.11 Å². The van der Waals surface area contributed by atoms with Crippen molar-refractivity contribution in [3.8, 4) is 0 Å². The number of nitrogens with zero attached hydrogens (tertiary/aromatic N) is 1. The summed E-state index contributed by atoms with van der Waals surface area (Å²) < 4.78 is 0. The highest BCUT2D eigenvalue weighted by Crippen LogP contribution is 2.41. The molecular weight excluding hydrogens is 248 g/mol. The van der Waals surface area contributed by atoms with Gasteiger partial charge in [0.15, 0.2) is 0 Å². The molecule has 0 radical (unpaired) electrons. The maximum atomic E-state index is 10.0. The first kappa shape index (κ1) is 16.3. The van der Waals surface area contributed by atoms with Gasteiger partial charge in [-0.3, -0.25) is 0 Å². The highest BCUT2D eigenvalue weighted by molar-refractivity contribution is 5.03. The van der Waals surface area contributed by atoms with Crippen molar-refractivity contribution in [2.75, 3.05) is 32.8 Å². The Balaban J connectivity index is 1.95. The lowest BCUT2D eigenvalue weighted by Crippen LogP contribution is -2.58. The molecular formula is C17H34N2O. The maximum Gasteiger partial charge on any atom is 0.0628 e. The van der Waals surface area contributed by atoms with Crippen molar-refractivity contribution in [1.82, 2.24) is 10.2 Å². The molecule has 2 fully saturated rings. The average molecular weight is 282 g/mol. The van der Waals surface area contributed by atoms with Crippen LogP contribution in [0.1, 0.15) is 53.4 Å². The van der Waals surface area contributed by atoms with Crippen molar-refractivity contribution in [2.24, 2.45) is 17.3 Å². The molecule has 0 aromatic heterocycles. The lowest BCUT2D eigenvalue weighted by Gasteiger charge is -2.37. The number of aliphatic hydroxyl groups excluding tert-OH is 1. The molecule has 1 saturated carbocycles. The second-order valence-electron chi connectivity index (χ2n) is 8.10. The quantitative estimate of drug-likeness (QED) is 0.753. The van der Waals surface area contributed by atoms with Crippen molar-refractivity contribution in [1.29, 1.82) is 0 Å². The van der Waals surface area contributed by atoms with Crippen LogP contribution in [0.15, 0.2) is 0 Å². The molecule has 0 aromatic carbocycles. The number of rotatable bonds is 7. The Bertz CT molecular complexity index is 309. The number of nitrogens with one attached hydrogen (secondary N) is 1. The summed E-state index contributed by atoms with van der Waals surface area (Å²) in [5.74, 6) is 1.48. The van der Waals surface area contributed by atoms with E-state index in [9.17, 15) is 5.11 Å². The molecule has 1 heterocycles. The molecule has 2 N–H and O–H groups in total. The Labute approximate surface area is 125 Å². The van der Waals surface area contributed by atoms with Crippen LogP contribution in [0.4, 0.5) is 0 Å². The van der Waals surface area contributed by atoms with E-state index < -0.39 is 0 Å². The molecule has 0 spiro atoms. The van der Waals surface area contributed by atoms with E-state index in [1.165, 1.54) is 32.4 Å². The third-order valence-electron chi connectivity index (χ3n) is 5.37. The fourth-order valence-corrected chi connectivity index (χ4v) is 3.66. The summed E-state index contributed by atoms with van der Waals surface area (Å²) >= 11 is 0. The molecule has 20 heavy (non-hydrogen) atoms. The largest absolute Gasteiger partial charge is 0.394 e. The molecule has 2 rings (SSSR count). The molecule has 118 valence electrons. The molecule has 2 aliphatic rings. The van der Waals surface area contributed by atoms with Gasteiger partial charge in [0.05, 0.1) is 12.1 Å². The van der Waals surface area contributed by atoms with Crippen LogP contribution >= 0.6 is 0 Å². The summed E-state index contributed by atoms with van der Waals surface area (Å²) in [5, 5.41) is 13.7. The number of hydrogen-bond donors (Lipinski definition) is 2. The first-order chi connectivity index (χ1) is 9.41. The number of hydrogen-bond acceptors (Lipinski definition) is 3. The van der Waals surface area contributed by atoms with Gasteiger partial charge in [-0.1, -0.05) is 27.7 Å². The zero-order valence-electron chi connectivity index (χ0n) is 13.9. The van der Waals surface area contributed by atoms with E-state index in [1.807, 2.05) is 0 Å². The second-order valence-corrected chi connectivity index (χ2v) is 8.10. The standard InChI is InChI=1S/C17H34N2O/c1-5-9-18-17(13-20,14-6-7-14)12-19-10-8-15(11-19)16(2,3)4/h14-15,18,20H,5-13H2,1-4H3. The van der Waals surface area contributed by atoms with Crippen molar-refractivity contribution in [3.63, 3.8) is 0 Å². The Morgan fingerprint density at radius 1 is 1.15 bits per heavy atom. The molecule has 2 unspecified atom stereocenters. The summed E-state index contributed by atoms with van der Waals surface area (Å²) in [5.41, 5.74) is 0.371. The minimum Gasteiger partial charge on any atom is -0.394 e. The van der Waals surface area contributed by atoms with E-state index in [0.717, 1.165) is 25.4 Å². The van der Waals surface area contributed by atoms with E-state index in [-0.39, 0.29) is 12.1 Å². The maximum absolute atomic E-state index is 10.0. The molecule has 1 saturated heterocycles. The molecule has 3 nitrogen and oxygen atoms in total. The Hall–Kier alpha value is -0.120. The summed E-state index contributed by atoms with van der Waals surface area (Å²) in [7, 11) is 0. The van der Waals surface area contributed by atoms with Crippen LogP contribution < -0.4 is 5.32 Å². The van der Waals surface area contributed by atoms with Gasteiger partial charge in [0.1, 0.15) is 0 Å². The molecule has 2 atom stereocenters. The predicted octanol–water partition coefficient (Wildman–Crippen LogP) is 2.50. The van der Waals surface area contributed by atoms with Gasteiger partial charge < -0.3 is 15.3 Å². The molecule has 0 amide bonds. The Morgan fingerprint density at radius 3 is 2.30 bits per heavy atom. The van der Waals surface area contributed by atoms with E-state index >= 15 is 0 Å². The van der Waals surface area contributed by atoms with E-state index in [2.05, 4.69) is 37.9 Å². The van der Waals surface area contributed by atoms with Gasteiger partial charge in [-0.05, 0) is 56.0 Å². The van der Waals surface area contributed by atoms with Crippen molar-refractivity contribution in [2.45, 2.75) is 58.9 Å². The van der Waals surface area contributed by atoms with E-state index in [1.54, 1.807) is 0 Å². The molecule has 1 aliphatic carbocycles. The smallest absolute Gasteiger partial charge is 0.0628 e. The third-order valence-corrected chi connectivity index (χ3v) is 5.37. The van der Waals surface area contributed by atoms with Crippen LogP contribution in [0, 0.1) is 17.3 Å². The van der Waals surface area contributed by atoms with Gasteiger partial charge in [-0.25, -0.2) is 0 Å². The monoisotopic (exact) mass is 282 g/mol. The zero-order valence-corrected chi connectivity index (χ0v) is 13.9. The summed E-state index contributed by atoms with van der Waals surface area (Å²) in [6.45, 7) is 14.0. The lowest BCUT2D eigenvalue weighted by molar-refractivity contribution is 0.0954. The van der Waals surface area contributed by atoms with Crippen molar-refractivity contribution in [3.05, 3.63) is 0 Å². The zero-order chi connectivity index (χ0) is 14.8. The van der Waals surface area contributed by atoms with E-state index in [4.69, 9.17) is 0 Å². The normalized spacial score (nSPS) is 27.8. The minimum atomic E-state index is -0.0389. The lowest BCUT2D eigenvalue weighted by atomic mass is 9.80. The second kappa shape index (κ2) is 6.33. The first-order valence-electron chi connectivity index (χ1n) is 8.49. The van der Waals surface area contributed by atoms with Gasteiger partial charge >= 0.3 is 0 Å². The van der Waals surface area contributed by atoms with Gasteiger partial charge in [-0.15, -0.1) is 0 Å². The van der Waals surface area contributed by atoms with Gasteiger partial charge in [0.25, 0.3) is 0 Å². The summed E-state index contributed by atoms with van der Waals surface area (Å²) in [4.78, 5) is 2.59. The van der Waals surface area contributed by atoms with Gasteiger partial charge in [0, 0.05) is 13.1 Å². The number of aliphatic hydroxyl groups is 1. The van der Waals surface area contributed by atoms with Crippen LogP contribution in [0.3, 0.4) is 0 Å². The van der Waals surface area contributed by atoms with Crippen LogP contribution in [0.2, 0.25) is 0 Å².